The molecule has 0 radical (unpaired) electrons. The van der Waals surface area contributed by atoms with Crippen LogP contribution in [-0.4, -0.2) is 22.5 Å². The molecule has 94 valence electrons. The van der Waals surface area contributed by atoms with E-state index in [2.05, 4.69) is 5.32 Å². The van der Waals surface area contributed by atoms with Crippen molar-refractivity contribution in [2.45, 2.75) is 6.92 Å². The van der Waals surface area contributed by atoms with Crippen molar-refractivity contribution in [3.63, 3.8) is 0 Å². The van der Waals surface area contributed by atoms with Gasteiger partial charge < -0.3 is 10.4 Å². The highest BCUT2D eigenvalue weighted by molar-refractivity contribution is 5.70. The largest absolute Gasteiger partial charge is 0.481 e. The van der Waals surface area contributed by atoms with Gasteiger partial charge in [-0.15, -0.1) is 0 Å². The number of nitro benzene ring substituents is 1. The zero-order chi connectivity index (χ0) is 13.7. The third-order valence-electron chi connectivity index (χ3n) is 2.35. The Bertz CT molecular complexity index is 522. The smallest absolute Gasteiger partial charge is 0.308 e. The molecule has 0 spiro atoms. The maximum absolute atomic E-state index is 10.7. The second kappa shape index (κ2) is 5.63. The summed E-state index contributed by atoms with van der Waals surface area (Å²) in [4.78, 5) is 20.7. The number of anilines is 1. The molecule has 0 aliphatic rings. The van der Waals surface area contributed by atoms with Crippen LogP contribution in [-0.2, 0) is 4.79 Å². The fourth-order valence-corrected chi connectivity index (χ4v) is 1.25. The lowest BCUT2D eigenvalue weighted by molar-refractivity contribution is -0.385. The van der Waals surface area contributed by atoms with Crippen molar-refractivity contribution in [2.24, 2.45) is 5.92 Å². The number of hydrogen-bond acceptors (Lipinski definition) is 5. The number of rotatable bonds is 5. The Morgan fingerprint density at radius 3 is 2.83 bits per heavy atom. The molecule has 1 aromatic carbocycles. The molecule has 18 heavy (non-hydrogen) atoms. The Labute approximate surface area is 103 Å². The van der Waals surface area contributed by atoms with Gasteiger partial charge in [-0.05, 0) is 12.1 Å². The minimum Gasteiger partial charge on any atom is -0.481 e. The van der Waals surface area contributed by atoms with Crippen molar-refractivity contribution < 1.29 is 14.8 Å². The highest BCUT2D eigenvalue weighted by Crippen LogP contribution is 2.22. The number of carboxylic acids is 1. The molecule has 2 N–H and O–H groups in total. The predicted molar refractivity (Wildman–Crippen MR) is 63.1 cm³/mol. The topological polar surface area (TPSA) is 116 Å². The van der Waals surface area contributed by atoms with Crippen molar-refractivity contribution in [3.05, 3.63) is 33.9 Å². The number of nitrogens with zero attached hydrogens (tertiary/aromatic N) is 2. The summed E-state index contributed by atoms with van der Waals surface area (Å²) in [5, 5.41) is 30.9. The number of nitrogens with one attached hydrogen (secondary N) is 1. The normalized spacial score (nSPS) is 11.3. The number of carbonyl (C=O) groups is 1. The first-order valence-corrected chi connectivity index (χ1v) is 5.11. The SMILES string of the molecule is CC(CNc1ccc(C#N)c([N+](=O)[O-])c1)C(=O)O. The standard InChI is InChI=1S/C11H11N3O4/c1-7(11(15)16)6-13-9-3-2-8(5-12)10(4-9)14(17)18/h2-4,7,13H,6H2,1H3,(H,15,16). The Hall–Kier alpha value is -2.62. The van der Waals surface area contributed by atoms with E-state index in [9.17, 15) is 14.9 Å². The van der Waals surface area contributed by atoms with Gasteiger partial charge in [-0.25, -0.2) is 0 Å². The van der Waals surface area contributed by atoms with Crippen LogP contribution >= 0.6 is 0 Å². The number of nitriles is 1. The third-order valence-corrected chi connectivity index (χ3v) is 2.35. The van der Waals surface area contributed by atoms with E-state index in [1.54, 1.807) is 6.07 Å². The van der Waals surface area contributed by atoms with Crippen LogP contribution in [0, 0.1) is 27.4 Å². The molecule has 1 aromatic rings. The molecule has 0 aromatic heterocycles. The van der Waals surface area contributed by atoms with Crippen molar-refractivity contribution in [1.29, 1.82) is 5.26 Å². The molecule has 0 saturated heterocycles. The van der Waals surface area contributed by atoms with Crippen LogP contribution in [0.2, 0.25) is 0 Å². The first-order valence-electron chi connectivity index (χ1n) is 5.11. The summed E-state index contributed by atoms with van der Waals surface area (Å²) in [6, 6.07) is 5.76. The maximum Gasteiger partial charge on any atom is 0.308 e. The molecule has 1 unspecified atom stereocenters. The highest BCUT2D eigenvalue weighted by Gasteiger charge is 2.15. The average Bonchev–Trinajstić information content (AvgIpc) is 2.35. The van der Waals surface area contributed by atoms with Crippen LogP contribution in [0.3, 0.4) is 0 Å². The van der Waals surface area contributed by atoms with Crippen LogP contribution in [0.25, 0.3) is 0 Å². The quantitative estimate of drug-likeness (QED) is 0.604. The van der Waals surface area contributed by atoms with Gasteiger partial charge in [0.15, 0.2) is 0 Å². The molecule has 0 fully saturated rings. The summed E-state index contributed by atoms with van der Waals surface area (Å²) in [5.41, 5.74) is 0.0797. The third kappa shape index (κ3) is 3.18. The number of benzene rings is 1. The number of nitro groups is 1. The summed E-state index contributed by atoms with van der Waals surface area (Å²) in [6.45, 7) is 1.67. The summed E-state index contributed by atoms with van der Waals surface area (Å²) in [6.07, 6.45) is 0. The number of carboxylic acid groups (broad SMARTS) is 1. The predicted octanol–water partition coefficient (Wildman–Crippen LogP) is 1.60. The van der Waals surface area contributed by atoms with E-state index in [-0.39, 0.29) is 17.8 Å². The molecule has 1 atom stereocenters. The van der Waals surface area contributed by atoms with Gasteiger partial charge in [0.2, 0.25) is 0 Å². The summed E-state index contributed by atoms with van der Waals surface area (Å²) < 4.78 is 0. The van der Waals surface area contributed by atoms with Crippen LogP contribution < -0.4 is 5.32 Å². The minimum atomic E-state index is -0.953. The highest BCUT2D eigenvalue weighted by atomic mass is 16.6. The lowest BCUT2D eigenvalue weighted by atomic mass is 10.1. The first-order chi connectivity index (χ1) is 8.45. The molecule has 7 heteroatoms. The molecule has 7 nitrogen and oxygen atoms in total. The second-order valence-corrected chi connectivity index (χ2v) is 3.72. The zero-order valence-corrected chi connectivity index (χ0v) is 9.58. The van der Waals surface area contributed by atoms with Gasteiger partial charge in [0.05, 0.1) is 10.8 Å². The van der Waals surface area contributed by atoms with E-state index in [0.717, 1.165) is 0 Å². The summed E-state index contributed by atoms with van der Waals surface area (Å²) in [7, 11) is 0. The van der Waals surface area contributed by atoms with Gasteiger partial charge in [-0.1, -0.05) is 6.92 Å². The van der Waals surface area contributed by atoms with Gasteiger partial charge >= 0.3 is 5.97 Å². The molecule has 0 saturated carbocycles. The van der Waals surface area contributed by atoms with Gasteiger partial charge in [0, 0.05) is 18.3 Å². The molecule has 0 aliphatic carbocycles. The summed E-state index contributed by atoms with van der Waals surface area (Å²) >= 11 is 0. The number of hydrogen-bond donors (Lipinski definition) is 2. The fraction of sp³-hybridized carbons (Fsp3) is 0.273. The van der Waals surface area contributed by atoms with Gasteiger partial charge in [0.1, 0.15) is 11.6 Å². The zero-order valence-electron chi connectivity index (χ0n) is 9.58. The van der Waals surface area contributed by atoms with Crippen LogP contribution in [0.5, 0.6) is 0 Å². The van der Waals surface area contributed by atoms with Crippen molar-refractivity contribution in [2.75, 3.05) is 11.9 Å². The average molecular weight is 249 g/mol. The van der Waals surface area contributed by atoms with E-state index in [4.69, 9.17) is 10.4 Å². The van der Waals surface area contributed by atoms with E-state index >= 15 is 0 Å². The molecular formula is C11H11N3O4. The Morgan fingerprint density at radius 1 is 1.67 bits per heavy atom. The molecule has 0 amide bonds. The Kier molecular flexibility index (Phi) is 4.21. The molecule has 0 bridgehead atoms. The fourth-order valence-electron chi connectivity index (χ4n) is 1.25. The monoisotopic (exact) mass is 249 g/mol. The van der Waals surface area contributed by atoms with Crippen LogP contribution in [0.1, 0.15) is 12.5 Å². The van der Waals surface area contributed by atoms with Gasteiger partial charge in [0.25, 0.3) is 5.69 Å². The van der Waals surface area contributed by atoms with Gasteiger partial charge in [-0.2, -0.15) is 5.26 Å². The lowest BCUT2D eigenvalue weighted by Crippen LogP contribution is -2.19. The first kappa shape index (κ1) is 13.4. The summed E-state index contributed by atoms with van der Waals surface area (Å²) in [5.74, 6) is -1.56. The van der Waals surface area contributed by atoms with E-state index in [0.29, 0.717) is 5.69 Å². The Morgan fingerprint density at radius 2 is 2.33 bits per heavy atom. The van der Waals surface area contributed by atoms with Gasteiger partial charge in [-0.3, -0.25) is 14.9 Å². The lowest BCUT2D eigenvalue weighted by Gasteiger charge is -2.09. The molecule has 0 heterocycles. The van der Waals surface area contributed by atoms with Crippen molar-refractivity contribution in [1.82, 2.24) is 0 Å². The van der Waals surface area contributed by atoms with Crippen LogP contribution in [0.15, 0.2) is 18.2 Å². The Balaban J connectivity index is 2.86. The minimum absolute atomic E-state index is 0.0307. The maximum atomic E-state index is 10.7. The van der Waals surface area contributed by atoms with E-state index in [1.807, 2.05) is 0 Å². The molecule has 1 rings (SSSR count). The number of aliphatic carboxylic acids is 1. The second-order valence-electron chi connectivity index (χ2n) is 3.72. The van der Waals surface area contributed by atoms with Crippen molar-refractivity contribution in [3.8, 4) is 6.07 Å². The van der Waals surface area contributed by atoms with E-state index in [1.165, 1.54) is 25.1 Å². The van der Waals surface area contributed by atoms with E-state index < -0.39 is 16.8 Å². The van der Waals surface area contributed by atoms with Crippen LogP contribution in [0.4, 0.5) is 11.4 Å². The van der Waals surface area contributed by atoms with Crippen molar-refractivity contribution >= 4 is 17.3 Å². The molecule has 0 aliphatic heterocycles. The molecular weight excluding hydrogens is 238 g/mol.